The van der Waals surface area contributed by atoms with E-state index < -0.39 is 0 Å². The van der Waals surface area contributed by atoms with Gasteiger partial charge >= 0.3 is 5.97 Å². The van der Waals surface area contributed by atoms with Crippen molar-refractivity contribution < 1.29 is 14.3 Å². The number of hydrogen-bond donors (Lipinski definition) is 2. The molecular weight excluding hydrogens is 594 g/mol. The summed E-state index contributed by atoms with van der Waals surface area (Å²) in [7, 11) is 0. The summed E-state index contributed by atoms with van der Waals surface area (Å²) in [4.78, 5) is 28.2. The van der Waals surface area contributed by atoms with E-state index in [9.17, 15) is 9.59 Å². The van der Waals surface area contributed by atoms with E-state index in [1.54, 1.807) is 5.57 Å². The fraction of sp³-hybridized carbons (Fsp3) is 0.905. The number of carbonyl (C=O) groups excluding carboxylic acids is 2. The lowest BCUT2D eigenvalue weighted by Gasteiger charge is -2.58. The van der Waals surface area contributed by atoms with Crippen molar-refractivity contribution in [2.45, 2.75) is 182 Å². The second-order valence-corrected chi connectivity index (χ2v) is 19.4. The smallest absolute Gasteiger partial charge is 0.306 e. The van der Waals surface area contributed by atoms with Gasteiger partial charge in [0.1, 0.15) is 6.10 Å². The van der Waals surface area contributed by atoms with Gasteiger partial charge in [0.2, 0.25) is 5.91 Å². The Hall–Kier alpha value is -1.40. The number of carbonyl (C=O) groups is 2. The van der Waals surface area contributed by atoms with E-state index in [0.717, 1.165) is 67.6 Å². The monoisotopic (exact) mass is 670 g/mol. The second-order valence-electron chi connectivity index (χ2n) is 19.4. The van der Waals surface area contributed by atoms with Crippen molar-refractivity contribution in [3.8, 4) is 0 Å². The number of rotatable bonds is 16. The van der Waals surface area contributed by atoms with E-state index in [4.69, 9.17) is 16.2 Å². The largest absolute Gasteiger partial charge is 0.462 e. The Kier molecular flexibility index (Phi) is 13.0. The fourth-order valence-electron chi connectivity index (χ4n) is 10.9. The second kappa shape index (κ2) is 15.9. The molecule has 0 saturated heterocycles. The van der Waals surface area contributed by atoms with Crippen molar-refractivity contribution in [3.63, 3.8) is 0 Å². The molecule has 0 heterocycles. The minimum atomic E-state index is -0.351. The molecule has 0 aromatic carbocycles. The lowest BCUT2D eigenvalue weighted by atomic mass is 9.47. The number of amides is 1. The number of nitrogens with two attached hydrogens (primary N) is 2. The van der Waals surface area contributed by atoms with E-state index in [1.807, 2.05) is 32.6 Å². The number of allylic oxidation sites excluding steroid dienone is 1. The van der Waals surface area contributed by atoms with Crippen molar-refractivity contribution in [1.82, 2.24) is 4.90 Å². The Morgan fingerprint density at radius 1 is 0.896 bits per heavy atom. The van der Waals surface area contributed by atoms with Crippen LogP contribution in [0.15, 0.2) is 11.6 Å². The number of esters is 1. The van der Waals surface area contributed by atoms with Crippen LogP contribution in [0.4, 0.5) is 0 Å². The highest BCUT2D eigenvalue weighted by Gasteiger charge is 2.59. The molecule has 0 aliphatic heterocycles. The van der Waals surface area contributed by atoms with Crippen LogP contribution in [0.3, 0.4) is 0 Å². The quantitative estimate of drug-likeness (QED) is 0.126. The summed E-state index contributed by atoms with van der Waals surface area (Å²) in [6.07, 6.45) is 19.0. The molecule has 3 fully saturated rings. The van der Waals surface area contributed by atoms with Crippen LogP contribution >= 0.6 is 0 Å². The molecule has 48 heavy (non-hydrogen) atoms. The van der Waals surface area contributed by atoms with Crippen molar-refractivity contribution in [2.75, 3.05) is 13.1 Å². The number of hydrogen-bond acceptors (Lipinski definition) is 5. The van der Waals surface area contributed by atoms with Gasteiger partial charge in [-0.2, -0.15) is 0 Å². The molecule has 276 valence electrons. The summed E-state index contributed by atoms with van der Waals surface area (Å²) < 4.78 is 6.08. The maximum Gasteiger partial charge on any atom is 0.306 e. The first-order valence-electron chi connectivity index (χ1n) is 20.1. The van der Waals surface area contributed by atoms with Crippen molar-refractivity contribution in [1.29, 1.82) is 0 Å². The topological polar surface area (TPSA) is 98.7 Å². The fourth-order valence-corrected chi connectivity index (χ4v) is 10.9. The Morgan fingerprint density at radius 3 is 2.27 bits per heavy atom. The molecule has 0 radical (unpaired) electrons. The molecule has 1 amide bonds. The van der Waals surface area contributed by atoms with Crippen LogP contribution in [0.2, 0.25) is 0 Å². The number of nitrogens with zero attached hydrogens (tertiary/aromatic N) is 1. The van der Waals surface area contributed by atoms with E-state index >= 15 is 0 Å². The number of fused-ring (bicyclic) bond motifs is 5. The molecular formula is C42H75N3O3. The third-order valence-corrected chi connectivity index (χ3v) is 13.7. The van der Waals surface area contributed by atoms with Gasteiger partial charge in [-0.25, -0.2) is 0 Å². The average molecular weight is 670 g/mol. The van der Waals surface area contributed by atoms with Crippen LogP contribution in [0, 0.1) is 46.3 Å². The van der Waals surface area contributed by atoms with Crippen molar-refractivity contribution >= 4 is 11.9 Å². The van der Waals surface area contributed by atoms with Crippen molar-refractivity contribution in [2.24, 2.45) is 57.8 Å². The highest BCUT2D eigenvalue weighted by Crippen LogP contribution is 2.67. The SMILES string of the molecule is CC(C)CCCC(C)C1CCC2C3CC=C4CC(OC(=O)CCC(=O)N(CCCC(C)(C)N)CCC(C)(C)N)CCC4(C)C3CCC12C. The minimum Gasteiger partial charge on any atom is -0.462 e. The summed E-state index contributed by atoms with van der Waals surface area (Å²) in [5.74, 6) is 4.72. The molecule has 3 saturated carbocycles. The third-order valence-electron chi connectivity index (χ3n) is 13.7. The standard InChI is InChI=1S/C42H75N3O3/c1-29(2)12-10-13-30(3)34-16-17-35-33-15-14-31-28-32(20-23-41(31,8)36(33)21-24-42(34,35)9)48-38(47)19-18-37(46)45(27-25-40(6,7)44)26-11-22-39(4,5)43/h14,29-30,32-36H,10-13,15-28,43-44H2,1-9H3. The maximum atomic E-state index is 13.2. The van der Waals surface area contributed by atoms with E-state index in [-0.39, 0.29) is 47.3 Å². The molecule has 0 bridgehead atoms. The van der Waals surface area contributed by atoms with Gasteiger partial charge in [-0.15, -0.1) is 0 Å². The third kappa shape index (κ3) is 9.89. The van der Waals surface area contributed by atoms with Crippen LogP contribution in [0.5, 0.6) is 0 Å². The van der Waals surface area contributed by atoms with Crippen LogP contribution < -0.4 is 11.5 Å². The zero-order valence-electron chi connectivity index (χ0n) is 32.7. The van der Waals surface area contributed by atoms with Gasteiger partial charge in [-0.1, -0.05) is 65.5 Å². The summed E-state index contributed by atoms with van der Waals surface area (Å²) in [5.41, 5.74) is 14.1. The Labute approximate surface area is 295 Å². The van der Waals surface area contributed by atoms with Gasteiger partial charge in [0.15, 0.2) is 0 Å². The summed E-state index contributed by atoms with van der Waals surface area (Å²) in [6.45, 7) is 21.7. The highest BCUT2D eigenvalue weighted by molar-refractivity contribution is 5.81. The molecule has 0 aromatic heterocycles. The molecule has 6 heteroatoms. The van der Waals surface area contributed by atoms with Gasteiger partial charge in [-0.05, 0) is 138 Å². The zero-order valence-corrected chi connectivity index (χ0v) is 32.7. The van der Waals surface area contributed by atoms with Gasteiger partial charge in [0, 0.05) is 37.0 Å². The molecule has 4 rings (SSSR count). The lowest BCUT2D eigenvalue weighted by Crippen LogP contribution is -2.51. The first kappa shape index (κ1) is 39.4. The minimum absolute atomic E-state index is 0.00618. The molecule has 0 spiro atoms. The molecule has 0 aromatic rings. The van der Waals surface area contributed by atoms with Crippen LogP contribution in [0.1, 0.15) is 165 Å². The van der Waals surface area contributed by atoms with E-state index in [2.05, 4.69) is 40.7 Å². The molecule has 6 nitrogen and oxygen atoms in total. The van der Waals surface area contributed by atoms with Crippen LogP contribution in [0.25, 0.3) is 0 Å². The number of ether oxygens (including phenoxy) is 1. The Morgan fingerprint density at radius 2 is 1.60 bits per heavy atom. The maximum absolute atomic E-state index is 13.2. The summed E-state index contributed by atoms with van der Waals surface area (Å²) in [5, 5.41) is 0. The zero-order chi connectivity index (χ0) is 35.5. The predicted molar refractivity (Wildman–Crippen MR) is 199 cm³/mol. The Bertz CT molecular complexity index is 1120. The lowest BCUT2D eigenvalue weighted by molar-refractivity contribution is -0.153. The predicted octanol–water partition coefficient (Wildman–Crippen LogP) is 9.19. The van der Waals surface area contributed by atoms with Crippen molar-refractivity contribution in [3.05, 3.63) is 11.6 Å². The normalized spacial score (nSPS) is 32.6. The van der Waals surface area contributed by atoms with E-state index in [1.165, 1.54) is 51.4 Å². The van der Waals surface area contributed by atoms with Crippen LogP contribution in [-0.2, 0) is 14.3 Å². The van der Waals surface area contributed by atoms with E-state index in [0.29, 0.717) is 24.9 Å². The van der Waals surface area contributed by atoms with Gasteiger partial charge < -0.3 is 21.1 Å². The highest BCUT2D eigenvalue weighted by atomic mass is 16.5. The molecule has 4 N–H and O–H groups in total. The molecule has 4 aliphatic rings. The van der Waals surface area contributed by atoms with Crippen LogP contribution in [-0.4, -0.2) is 47.0 Å². The molecule has 4 aliphatic carbocycles. The van der Waals surface area contributed by atoms with Gasteiger partial charge in [-0.3, -0.25) is 9.59 Å². The summed E-state index contributed by atoms with van der Waals surface area (Å²) >= 11 is 0. The molecule has 8 atom stereocenters. The van der Waals surface area contributed by atoms with Gasteiger partial charge in [0.25, 0.3) is 0 Å². The van der Waals surface area contributed by atoms with Gasteiger partial charge in [0.05, 0.1) is 6.42 Å². The molecule has 8 unspecified atom stereocenters. The first-order chi connectivity index (χ1) is 22.3. The summed E-state index contributed by atoms with van der Waals surface area (Å²) in [6, 6.07) is 0. The Balaban J connectivity index is 1.30. The average Bonchev–Trinajstić information content (AvgIpc) is 3.34. The first-order valence-corrected chi connectivity index (χ1v) is 20.1.